The van der Waals surface area contributed by atoms with Crippen molar-refractivity contribution in [3.63, 3.8) is 0 Å². The number of nitrogens with zero attached hydrogens (tertiary/aromatic N) is 1. The van der Waals surface area contributed by atoms with Gasteiger partial charge in [-0.05, 0) is 31.6 Å². The standard InChI is InChI=1S/C13H22N2O3/c1-15(10-7-8-10)13(18)14-11(12(16)17)9-5-3-2-4-6-9/h9-11H,2-8H2,1H3,(H,14,18)(H,16,17). The minimum absolute atomic E-state index is 0.0906. The Labute approximate surface area is 108 Å². The second-order valence-electron chi connectivity index (χ2n) is 5.51. The number of nitrogens with one attached hydrogen (secondary N) is 1. The zero-order valence-electron chi connectivity index (χ0n) is 10.9. The Kier molecular flexibility index (Phi) is 4.09. The van der Waals surface area contributed by atoms with E-state index in [9.17, 15) is 14.7 Å². The van der Waals surface area contributed by atoms with Gasteiger partial charge in [0.1, 0.15) is 6.04 Å². The molecular formula is C13H22N2O3. The monoisotopic (exact) mass is 254 g/mol. The van der Waals surface area contributed by atoms with Crippen molar-refractivity contribution in [3.05, 3.63) is 0 Å². The molecular weight excluding hydrogens is 232 g/mol. The molecule has 5 heteroatoms. The van der Waals surface area contributed by atoms with Gasteiger partial charge >= 0.3 is 12.0 Å². The average molecular weight is 254 g/mol. The highest BCUT2D eigenvalue weighted by Gasteiger charge is 2.34. The highest BCUT2D eigenvalue weighted by Crippen LogP contribution is 2.28. The Morgan fingerprint density at radius 1 is 1.17 bits per heavy atom. The molecule has 1 atom stereocenters. The highest BCUT2D eigenvalue weighted by molar-refractivity contribution is 5.83. The van der Waals surface area contributed by atoms with E-state index in [-0.39, 0.29) is 11.9 Å². The summed E-state index contributed by atoms with van der Waals surface area (Å²) >= 11 is 0. The summed E-state index contributed by atoms with van der Waals surface area (Å²) < 4.78 is 0. The molecule has 18 heavy (non-hydrogen) atoms. The van der Waals surface area contributed by atoms with E-state index in [4.69, 9.17) is 0 Å². The average Bonchev–Trinajstić information content (AvgIpc) is 3.19. The van der Waals surface area contributed by atoms with Crippen LogP contribution in [0.25, 0.3) is 0 Å². The number of rotatable bonds is 4. The maximum absolute atomic E-state index is 11.9. The van der Waals surface area contributed by atoms with Gasteiger partial charge < -0.3 is 15.3 Å². The summed E-state index contributed by atoms with van der Waals surface area (Å²) in [6.07, 6.45) is 7.20. The molecule has 2 N–H and O–H groups in total. The predicted octanol–water partition coefficient (Wildman–Crippen LogP) is 1.82. The molecule has 2 aliphatic carbocycles. The molecule has 0 radical (unpaired) electrons. The van der Waals surface area contributed by atoms with Crippen molar-refractivity contribution in [3.8, 4) is 0 Å². The van der Waals surface area contributed by atoms with E-state index in [1.807, 2.05) is 0 Å². The van der Waals surface area contributed by atoms with Crippen LogP contribution < -0.4 is 5.32 Å². The van der Waals surface area contributed by atoms with Gasteiger partial charge in [0.15, 0.2) is 0 Å². The van der Waals surface area contributed by atoms with Crippen LogP contribution >= 0.6 is 0 Å². The van der Waals surface area contributed by atoms with Crippen molar-refractivity contribution in [2.45, 2.75) is 57.0 Å². The molecule has 0 spiro atoms. The van der Waals surface area contributed by atoms with Crippen molar-refractivity contribution < 1.29 is 14.7 Å². The van der Waals surface area contributed by atoms with Crippen LogP contribution in [0.5, 0.6) is 0 Å². The first-order valence-corrected chi connectivity index (χ1v) is 6.85. The molecule has 5 nitrogen and oxygen atoms in total. The molecule has 0 aromatic rings. The molecule has 2 amide bonds. The Hall–Kier alpha value is -1.26. The Bertz CT molecular complexity index is 322. The van der Waals surface area contributed by atoms with Gasteiger partial charge in [-0.2, -0.15) is 0 Å². The third-order valence-corrected chi connectivity index (χ3v) is 4.08. The van der Waals surface area contributed by atoms with Gasteiger partial charge in [0, 0.05) is 13.1 Å². The second kappa shape index (κ2) is 5.59. The predicted molar refractivity (Wildman–Crippen MR) is 67.3 cm³/mol. The van der Waals surface area contributed by atoms with Gasteiger partial charge in [-0.1, -0.05) is 19.3 Å². The van der Waals surface area contributed by atoms with Crippen LogP contribution in [0, 0.1) is 5.92 Å². The molecule has 1 unspecified atom stereocenters. The molecule has 0 aromatic heterocycles. The van der Waals surface area contributed by atoms with E-state index in [1.54, 1.807) is 11.9 Å². The molecule has 2 aliphatic rings. The number of carboxylic acids is 1. The number of hydrogen-bond acceptors (Lipinski definition) is 2. The first-order valence-electron chi connectivity index (χ1n) is 6.85. The van der Waals surface area contributed by atoms with Crippen molar-refractivity contribution >= 4 is 12.0 Å². The lowest BCUT2D eigenvalue weighted by molar-refractivity contribution is -0.141. The first kappa shape index (κ1) is 13.2. The number of urea groups is 1. The van der Waals surface area contributed by atoms with Gasteiger partial charge in [-0.3, -0.25) is 0 Å². The van der Waals surface area contributed by atoms with Gasteiger partial charge in [0.05, 0.1) is 0 Å². The third kappa shape index (κ3) is 3.15. The van der Waals surface area contributed by atoms with Crippen LogP contribution in [0.15, 0.2) is 0 Å². The first-order chi connectivity index (χ1) is 8.59. The fourth-order valence-electron chi connectivity index (χ4n) is 2.71. The van der Waals surface area contributed by atoms with E-state index < -0.39 is 12.0 Å². The van der Waals surface area contributed by atoms with Crippen molar-refractivity contribution in [1.29, 1.82) is 0 Å². The molecule has 0 aromatic carbocycles. The smallest absolute Gasteiger partial charge is 0.326 e. The zero-order chi connectivity index (χ0) is 13.1. The largest absolute Gasteiger partial charge is 0.480 e. The zero-order valence-corrected chi connectivity index (χ0v) is 10.9. The van der Waals surface area contributed by atoms with Crippen molar-refractivity contribution in [2.75, 3.05) is 7.05 Å². The Morgan fingerprint density at radius 2 is 1.78 bits per heavy atom. The molecule has 0 aliphatic heterocycles. The lowest BCUT2D eigenvalue weighted by Gasteiger charge is -2.29. The number of hydrogen-bond donors (Lipinski definition) is 2. The number of amides is 2. The quantitative estimate of drug-likeness (QED) is 0.804. The number of carboxylic acid groups (broad SMARTS) is 1. The topological polar surface area (TPSA) is 69.6 Å². The van der Waals surface area contributed by atoms with E-state index >= 15 is 0 Å². The normalized spacial score (nSPS) is 22.3. The van der Waals surface area contributed by atoms with Crippen LogP contribution in [0.4, 0.5) is 4.79 Å². The Balaban J connectivity index is 1.92. The summed E-state index contributed by atoms with van der Waals surface area (Å²) in [7, 11) is 1.74. The summed E-state index contributed by atoms with van der Waals surface area (Å²) in [4.78, 5) is 24.9. The summed E-state index contributed by atoms with van der Waals surface area (Å²) in [5, 5.41) is 12.0. The van der Waals surface area contributed by atoms with E-state index in [2.05, 4.69) is 5.32 Å². The molecule has 0 bridgehead atoms. The van der Waals surface area contributed by atoms with Crippen LogP contribution in [0.2, 0.25) is 0 Å². The van der Waals surface area contributed by atoms with E-state index in [0.717, 1.165) is 38.5 Å². The number of carbonyl (C=O) groups is 2. The summed E-state index contributed by atoms with van der Waals surface area (Å²) in [5.74, 6) is -0.813. The van der Waals surface area contributed by atoms with Gasteiger partial charge in [0.2, 0.25) is 0 Å². The summed E-state index contributed by atoms with van der Waals surface area (Å²) in [6.45, 7) is 0. The van der Waals surface area contributed by atoms with Gasteiger partial charge in [0.25, 0.3) is 0 Å². The number of carbonyl (C=O) groups excluding carboxylic acids is 1. The van der Waals surface area contributed by atoms with Crippen LogP contribution in [-0.4, -0.2) is 41.1 Å². The molecule has 2 rings (SSSR count). The number of aliphatic carboxylic acids is 1. The van der Waals surface area contributed by atoms with Crippen LogP contribution in [0.3, 0.4) is 0 Å². The lowest BCUT2D eigenvalue weighted by atomic mass is 9.84. The molecule has 0 saturated heterocycles. The molecule has 2 fully saturated rings. The minimum atomic E-state index is -0.903. The maximum atomic E-state index is 11.9. The molecule has 102 valence electrons. The van der Waals surface area contributed by atoms with Crippen molar-refractivity contribution in [2.24, 2.45) is 5.92 Å². The molecule has 0 heterocycles. The third-order valence-electron chi connectivity index (χ3n) is 4.08. The van der Waals surface area contributed by atoms with Crippen LogP contribution in [0.1, 0.15) is 44.9 Å². The van der Waals surface area contributed by atoms with Gasteiger partial charge in [-0.15, -0.1) is 0 Å². The highest BCUT2D eigenvalue weighted by atomic mass is 16.4. The second-order valence-corrected chi connectivity index (χ2v) is 5.51. The Morgan fingerprint density at radius 3 is 2.28 bits per heavy atom. The van der Waals surface area contributed by atoms with E-state index in [1.165, 1.54) is 6.42 Å². The van der Waals surface area contributed by atoms with E-state index in [0.29, 0.717) is 6.04 Å². The summed E-state index contributed by atoms with van der Waals surface area (Å²) in [6, 6.07) is -0.653. The SMILES string of the molecule is CN(C(=O)NC(C(=O)O)C1CCCCC1)C1CC1. The maximum Gasteiger partial charge on any atom is 0.326 e. The fraction of sp³-hybridized carbons (Fsp3) is 0.846. The minimum Gasteiger partial charge on any atom is -0.480 e. The summed E-state index contributed by atoms with van der Waals surface area (Å²) in [5.41, 5.74) is 0. The van der Waals surface area contributed by atoms with Crippen molar-refractivity contribution in [1.82, 2.24) is 10.2 Å². The molecule has 2 saturated carbocycles. The lowest BCUT2D eigenvalue weighted by Crippen LogP contribution is -2.51. The fourth-order valence-corrected chi connectivity index (χ4v) is 2.71. The van der Waals surface area contributed by atoms with Gasteiger partial charge in [-0.25, -0.2) is 9.59 Å². The van der Waals surface area contributed by atoms with Crippen LogP contribution in [-0.2, 0) is 4.79 Å².